The second-order valence-electron chi connectivity index (χ2n) is 4.41. The molecule has 1 nitrogen and oxygen atoms in total. The van der Waals surface area contributed by atoms with Crippen LogP contribution in [-0.4, -0.2) is 5.11 Å². The van der Waals surface area contributed by atoms with E-state index in [4.69, 9.17) is 0 Å². The molecule has 1 aliphatic carbocycles. The number of halogens is 1. The minimum absolute atomic E-state index is 0. The molecule has 3 heteroatoms. The van der Waals surface area contributed by atoms with Gasteiger partial charge in [0.2, 0.25) is 0 Å². The summed E-state index contributed by atoms with van der Waals surface area (Å²) in [6.45, 7) is 0. The van der Waals surface area contributed by atoms with Crippen molar-refractivity contribution in [1.82, 2.24) is 0 Å². The molecule has 114 valence electrons. The fourth-order valence-corrected chi connectivity index (χ4v) is 1.98. The minimum Gasteiger partial charge on any atom is -0.507 e. The summed E-state index contributed by atoms with van der Waals surface area (Å²) in [5.74, 6) is 0.285. The smallest absolute Gasteiger partial charge is 0.122 e. The zero-order valence-electron chi connectivity index (χ0n) is 11.8. The molecule has 2 aromatic rings. The van der Waals surface area contributed by atoms with Gasteiger partial charge in [0.1, 0.15) is 5.76 Å². The molecule has 0 aromatic heterocycles. The summed E-state index contributed by atoms with van der Waals surface area (Å²) in [6, 6.07) is 17.9. The van der Waals surface area contributed by atoms with Crippen molar-refractivity contribution in [2.24, 2.45) is 0 Å². The topological polar surface area (TPSA) is 20.2 Å². The number of hydrogen-bond acceptors (Lipinski definition) is 1. The predicted molar refractivity (Wildman–Crippen MR) is 93.1 cm³/mol. The third-order valence-corrected chi connectivity index (χ3v) is 3.35. The van der Waals surface area contributed by atoms with Gasteiger partial charge >= 0.3 is 0 Å². The van der Waals surface area contributed by atoms with Gasteiger partial charge < -0.3 is 5.11 Å². The first-order chi connectivity index (χ1) is 10.3. The molecule has 0 radical (unpaired) electrons. The average molecular weight is 396 g/mol. The van der Waals surface area contributed by atoms with Crippen LogP contribution in [0.2, 0.25) is 0 Å². The van der Waals surface area contributed by atoms with Crippen LogP contribution in [0.5, 0.6) is 0 Å². The SMILES string of the molecule is OC(/C=C/c1ccc(Br)cc1)=C1C=CC=C1.[Fe].c1cc[cH-]c1. The molecule has 0 atom stereocenters. The minimum atomic E-state index is 0. The second-order valence-corrected chi connectivity index (χ2v) is 5.32. The normalized spacial score (nSPS) is 12.0. The van der Waals surface area contributed by atoms with Crippen LogP contribution in [0.1, 0.15) is 5.56 Å². The Morgan fingerprint density at radius 1 is 1.00 bits per heavy atom. The van der Waals surface area contributed by atoms with Crippen molar-refractivity contribution in [2.75, 3.05) is 0 Å². The van der Waals surface area contributed by atoms with E-state index in [0.717, 1.165) is 15.6 Å². The molecule has 1 N–H and O–H groups in total. The molecule has 22 heavy (non-hydrogen) atoms. The average Bonchev–Trinajstić information content (AvgIpc) is 3.21. The standard InChI is InChI=1S/C14H11BrO.C5H5.Fe/c15-13-8-5-11(6-9-13)7-10-14(16)12-3-1-2-4-12;1-2-4-5-3-1;/h1-10,16H;1-5H;/q;-1;/b10-7+;;. The van der Waals surface area contributed by atoms with Gasteiger partial charge in [-0.2, -0.15) is 18.2 Å². The van der Waals surface area contributed by atoms with Gasteiger partial charge in [-0.3, -0.25) is 0 Å². The van der Waals surface area contributed by atoms with Gasteiger partial charge in [-0.25, -0.2) is 12.1 Å². The molecule has 0 saturated heterocycles. The van der Waals surface area contributed by atoms with E-state index in [1.54, 1.807) is 6.08 Å². The Kier molecular flexibility index (Phi) is 8.46. The fraction of sp³-hybridized carbons (Fsp3) is 0. The Morgan fingerprint density at radius 2 is 1.59 bits per heavy atom. The predicted octanol–water partition coefficient (Wildman–Crippen LogP) is 5.80. The number of aliphatic hydroxyl groups excluding tert-OH is 1. The summed E-state index contributed by atoms with van der Waals surface area (Å²) < 4.78 is 1.05. The Bertz CT molecular complexity index is 631. The van der Waals surface area contributed by atoms with E-state index >= 15 is 0 Å². The molecule has 0 bridgehead atoms. The summed E-state index contributed by atoms with van der Waals surface area (Å²) in [6.07, 6.45) is 11.1. The summed E-state index contributed by atoms with van der Waals surface area (Å²) in [5, 5.41) is 9.75. The summed E-state index contributed by atoms with van der Waals surface area (Å²) in [5.41, 5.74) is 1.90. The van der Waals surface area contributed by atoms with Crippen LogP contribution in [0, 0.1) is 0 Å². The Hall–Kier alpha value is -1.67. The number of benzene rings is 1. The molecule has 2 aromatic carbocycles. The van der Waals surface area contributed by atoms with Crippen molar-refractivity contribution in [3.05, 3.63) is 106 Å². The second kappa shape index (κ2) is 10.1. The molecular formula is C19H16BrFeO-. The maximum Gasteiger partial charge on any atom is 0.122 e. The van der Waals surface area contributed by atoms with Gasteiger partial charge in [0.05, 0.1) is 0 Å². The summed E-state index contributed by atoms with van der Waals surface area (Å²) >= 11 is 3.38. The molecular weight excluding hydrogens is 380 g/mol. The molecule has 1 aliphatic rings. The molecule has 0 amide bonds. The van der Waals surface area contributed by atoms with Gasteiger partial charge in [-0.15, -0.1) is 0 Å². The van der Waals surface area contributed by atoms with Gasteiger partial charge in [-0.1, -0.05) is 58.4 Å². The van der Waals surface area contributed by atoms with Crippen LogP contribution in [0.3, 0.4) is 0 Å². The van der Waals surface area contributed by atoms with Crippen LogP contribution in [0.15, 0.2) is 101 Å². The first-order valence-electron chi connectivity index (χ1n) is 6.64. The first kappa shape index (κ1) is 18.4. The Balaban J connectivity index is 0.000000344. The van der Waals surface area contributed by atoms with Crippen LogP contribution in [0.25, 0.3) is 6.08 Å². The van der Waals surface area contributed by atoms with Gasteiger partial charge in [0.25, 0.3) is 0 Å². The molecule has 0 saturated carbocycles. The van der Waals surface area contributed by atoms with Crippen molar-refractivity contribution in [3.63, 3.8) is 0 Å². The van der Waals surface area contributed by atoms with Crippen LogP contribution in [0.4, 0.5) is 0 Å². The van der Waals surface area contributed by atoms with E-state index in [1.165, 1.54) is 0 Å². The Morgan fingerprint density at radius 3 is 2.09 bits per heavy atom. The number of aliphatic hydroxyl groups is 1. The van der Waals surface area contributed by atoms with Crippen LogP contribution in [-0.2, 0) is 17.1 Å². The molecule has 0 aliphatic heterocycles. The molecule has 0 heterocycles. The van der Waals surface area contributed by atoms with E-state index in [-0.39, 0.29) is 22.8 Å². The number of hydrogen-bond donors (Lipinski definition) is 1. The first-order valence-corrected chi connectivity index (χ1v) is 7.43. The third-order valence-electron chi connectivity index (χ3n) is 2.82. The van der Waals surface area contributed by atoms with Crippen LogP contribution >= 0.6 is 15.9 Å². The van der Waals surface area contributed by atoms with E-state index < -0.39 is 0 Å². The quantitative estimate of drug-likeness (QED) is 0.386. The maximum atomic E-state index is 9.75. The zero-order chi connectivity index (χ0) is 14.9. The maximum absolute atomic E-state index is 9.75. The summed E-state index contributed by atoms with van der Waals surface area (Å²) in [7, 11) is 0. The van der Waals surface area contributed by atoms with Crippen molar-refractivity contribution < 1.29 is 22.2 Å². The molecule has 0 fully saturated rings. The van der Waals surface area contributed by atoms with E-state index in [0.29, 0.717) is 0 Å². The number of allylic oxidation sites excluding steroid dienone is 6. The van der Waals surface area contributed by atoms with Crippen molar-refractivity contribution >= 4 is 22.0 Å². The van der Waals surface area contributed by atoms with Gasteiger partial charge in [0.15, 0.2) is 0 Å². The zero-order valence-corrected chi connectivity index (χ0v) is 14.5. The molecule has 3 rings (SSSR count). The number of rotatable bonds is 2. The summed E-state index contributed by atoms with van der Waals surface area (Å²) in [4.78, 5) is 0. The van der Waals surface area contributed by atoms with E-state index in [9.17, 15) is 5.11 Å². The van der Waals surface area contributed by atoms with Crippen molar-refractivity contribution in [1.29, 1.82) is 0 Å². The molecule has 0 spiro atoms. The van der Waals surface area contributed by atoms with E-state index in [1.807, 2.05) is 85.0 Å². The van der Waals surface area contributed by atoms with Crippen molar-refractivity contribution in [3.8, 4) is 0 Å². The van der Waals surface area contributed by atoms with Crippen molar-refractivity contribution in [2.45, 2.75) is 0 Å². The largest absolute Gasteiger partial charge is 0.507 e. The third kappa shape index (κ3) is 6.40. The Labute approximate surface area is 150 Å². The molecule has 0 unspecified atom stereocenters. The van der Waals surface area contributed by atoms with Gasteiger partial charge in [-0.05, 0) is 23.8 Å². The van der Waals surface area contributed by atoms with Crippen LogP contribution < -0.4 is 0 Å². The monoisotopic (exact) mass is 395 g/mol. The van der Waals surface area contributed by atoms with Gasteiger partial charge in [0, 0.05) is 27.1 Å². The van der Waals surface area contributed by atoms with E-state index in [2.05, 4.69) is 15.9 Å². The fourth-order valence-electron chi connectivity index (χ4n) is 1.71.